The second-order valence-electron chi connectivity index (χ2n) is 6.20. The van der Waals surface area contributed by atoms with Gasteiger partial charge in [-0.3, -0.25) is 0 Å². The number of thiazole rings is 1. The zero-order valence-electron chi connectivity index (χ0n) is 13.1. The molecule has 114 valence electrons. The average molecular weight is 305 g/mol. The molecule has 1 aromatic carbocycles. The summed E-state index contributed by atoms with van der Waals surface area (Å²) in [4.78, 5) is 5.65. The summed E-state index contributed by atoms with van der Waals surface area (Å²) in [6.45, 7) is 9.07. The molecule has 0 amide bonds. The average Bonchev–Trinajstić information content (AvgIpc) is 2.82. The summed E-state index contributed by atoms with van der Waals surface area (Å²) < 4.78 is 5.76. The summed E-state index contributed by atoms with van der Waals surface area (Å²) in [5, 5.41) is 10.5. The van der Waals surface area contributed by atoms with Crippen LogP contribution in [0.2, 0.25) is 0 Å². The Balaban J connectivity index is 1.99. The van der Waals surface area contributed by atoms with Crippen molar-refractivity contribution < 1.29 is 9.84 Å². The Morgan fingerprint density at radius 2 is 2.05 bits per heavy atom. The molecule has 2 aromatic rings. The highest BCUT2D eigenvalue weighted by Gasteiger charge is 2.22. The van der Waals surface area contributed by atoms with Gasteiger partial charge in [-0.25, -0.2) is 4.98 Å². The lowest BCUT2D eigenvalue weighted by Crippen LogP contribution is -2.14. The molecule has 0 saturated carbocycles. The molecule has 1 aromatic heterocycles. The van der Waals surface area contributed by atoms with E-state index in [2.05, 4.69) is 38.7 Å². The maximum absolute atomic E-state index is 9.47. The quantitative estimate of drug-likeness (QED) is 0.912. The molecular weight excluding hydrogens is 282 g/mol. The molecule has 0 aliphatic heterocycles. The van der Waals surface area contributed by atoms with Gasteiger partial charge in [-0.05, 0) is 24.6 Å². The van der Waals surface area contributed by atoms with Crippen LogP contribution in [0.1, 0.15) is 41.9 Å². The van der Waals surface area contributed by atoms with Crippen LogP contribution < -0.4 is 4.74 Å². The topological polar surface area (TPSA) is 42.4 Å². The number of hydrogen-bond acceptors (Lipinski definition) is 4. The lowest BCUT2D eigenvalue weighted by atomic mass is 9.91. The first-order valence-electron chi connectivity index (χ1n) is 7.19. The third kappa shape index (κ3) is 4.29. The summed E-state index contributed by atoms with van der Waals surface area (Å²) in [6.07, 6.45) is 0.766. The van der Waals surface area contributed by atoms with Gasteiger partial charge >= 0.3 is 0 Å². The van der Waals surface area contributed by atoms with Gasteiger partial charge in [0.25, 0.3) is 0 Å². The molecule has 1 N–H and O–H groups in total. The van der Waals surface area contributed by atoms with Crippen LogP contribution in [0.4, 0.5) is 0 Å². The lowest BCUT2D eigenvalue weighted by molar-refractivity contribution is 0.282. The van der Waals surface area contributed by atoms with E-state index >= 15 is 0 Å². The van der Waals surface area contributed by atoms with E-state index in [0.29, 0.717) is 6.61 Å². The number of aromatic nitrogens is 1. The Labute approximate surface area is 130 Å². The van der Waals surface area contributed by atoms with E-state index in [1.165, 1.54) is 5.56 Å². The number of aliphatic hydroxyl groups is 1. The monoisotopic (exact) mass is 305 g/mol. The molecule has 0 saturated heterocycles. The van der Waals surface area contributed by atoms with Gasteiger partial charge < -0.3 is 9.84 Å². The van der Waals surface area contributed by atoms with Crippen LogP contribution in [0.3, 0.4) is 0 Å². The van der Waals surface area contributed by atoms with Crippen molar-refractivity contribution >= 4 is 11.3 Å². The molecule has 0 spiro atoms. The van der Waals surface area contributed by atoms with Crippen LogP contribution in [0.15, 0.2) is 24.3 Å². The van der Waals surface area contributed by atoms with Gasteiger partial charge in [0.1, 0.15) is 5.75 Å². The highest BCUT2D eigenvalue weighted by atomic mass is 32.1. The molecule has 0 radical (unpaired) electrons. The van der Waals surface area contributed by atoms with Gasteiger partial charge in [0, 0.05) is 11.8 Å². The summed E-state index contributed by atoms with van der Waals surface area (Å²) in [5.41, 5.74) is 2.16. The molecule has 0 bridgehead atoms. The molecular formula is C17H23NO2S. The number of aryl methyl sites for hydroxylation is 1. The maximum Gasteiger partial charge on any atom is 0.119 e. The van der Waals surface area contributed by atoms with E-state index in [0.717, 1.165) is 27.7 Å². The number of benzene rings is 1. The number of rotatable bonds is 5. The Kier molecular flexibility index (Phi) is 5.01. The fourth-order valence-corrected chi connectivity index (χ4v) is 3.28. The molecule has 2 rings (SSSR count). The van der Waals surface area contributed by atoms with Crippen molar-refractivity contribution in [2.24, 2.45) is 0 Å². The van der Waals surface area contributed by atoms with Crippen LogP contribution in [-0.4, -0.2) is 16.7 Å². The second-order valence-corrected chi connectivity index (χ2v) is 7.37. The van der Waals surface area contributed by atoms with Gasteiger partial charge in [-0.2, -0.15) is 0 Å². The molecule has 1 heterocycles. The van der Waals surface area contributed by atoms with Gasteiger partial charge in [-0.15, -0.1) is 11.3 Å². The van der Waals surface area contributed by atoms with Crippen LogP contribution in [-0.2, 0) is 18.4 Å². The largest absolute Gasteiger partial charge is 0.493 e. The van der Waals surface area contributed by atoms with Crippen LogP contribution >= 0.6 is 11.3 Å². The van der Waals surface area contributed by atoms with Crippen LogP contribution in [0.25, 0.3) is 0 Å². The van der Waals surface area contributed by atoms with E-state index < -0.39 is 0 Å². The van der Waals surface area contributed by atoms with Gasteiger partial charge in [0.15, 0.2) is 0 Å². The first-order chi connectivity index (χ1) is 9.90. The van der Waals surface area contributed by atoms with E-state index in [-0.39, 0.29) is 12.0 Å². The second kappa shape index (κ2) is 6.58. The van der Waals surface area contributed by atoms with Crippen LogP contribution in [0.5, 0.6) is 5.75 Å². The van der Waals surface area contributed by atoms with Gasteiger partial charge in [-0.1, -0.05) is 32.9 Å². The van der Waals surface area contributed by atoms with Crippen LogP contribution in [0, 0.1) is 6.92 Å². The number of nitrogens with zero attached hydrogens (tertiary/aromatic N) is 1. The predicted octanol–water partition coefficient (Wildman–Crippen LogP) is 3.86. The molecule has 0 aliphatic carbocycles. The SMILES string of the molecule is Cc1cccc(OCCc2nc(C(C)(C)C)c(CO)s2)c1. The fraction of sp³-hybridized carbons (Fsp3) is 0.471. The summed E-state index contributed by atoms with van der Waals surface area (Å²) in [6, 6.07) is 8.04. The molecule has 0 unspecified atom stereocenters. The third-order valence-corrected chi connectivity index (χ3v) is 4.27. The smallest absolute Gasteiger partial charge is 0.119 e. The zero-order chi connectivity index (χ0) is 15.5. The highest BCUT2D eigenvalue weighted by molar-refractivity contribution is 7.11. The van der Waals surface area contributed by atoms with E-state index in [1.807, 2.05) is 18.2 Å². The summed E-state index contributed by atoms with van der Waals surface area (Å²) in [7, 11) is 0. The molecule has 21 heavy (non-hydrogen) atoms. The highest BCUT2D eigenvalue weighted by Crippen LogP contribution is 2.29. The van der Waals surface area contributed by atoms with Gasteiger partial charge in [0.05, 0.1) is 28.8 Å². The number of aliphatic hydroxyl groups excluding tert-OH is 1. The Hall–Kier alpha value is -1.39. The van der Waals surface area contributed by atoms with Crippen molar-refractivity contribution in [1.82, 2.24) is 4.98 Å². The minimum atomic E-state index is -0.0375. The molecule has 0 fully saturated rings. The van der Waals surface area contributed by atoms with Crippen molar-refractivity contribution in [3.63, 3.8) is 0 Å². The Bertz CT molecular complexity index is 599. The first kappa shape index (κ1) is 16.0. The van der Waals surface area contributed by atoms with Crippen molar-refractivity contribution in [3.05, 3.63) is 45.4 Å². The van der Waals surface area contributed by atoms with E-state index in [1.54, 1.807) is 11.3 Å². The molecule has 4 heteroatoms. The number of hydrogen-bond donors (Lipinski definition) is 1. The first-order valence-corrected chi connectivity index (χ1v) is 8.01. The Morgan fingerprint density at radius 1 is 1.29 bits per heavy atom. The predicted molar refractivity (Wildman–Crippen MR) is 87.1 cm³/mol. The van der Waals surface area contributed by atoms with Crippen molar-refractivity contribution in [3.8, 4) is 5.75 Å². The minimum Gasteiger partial charge on any atom is -0.493 e. The van der Waals surface area contributed by atoms with E-state index in [4.69, 9.17) is 4.74 Å². The molecule has 0 aliphatic rings. The normalized spacial score (nSPS) is 11.7. The van der Waals surface area contributed by atoms with Gasteiger partial charge in [0.2, 0.25) is 0 Å². The minimum absolute atomic E-state index is 0.0375. The maximum atomic E-state index is 9.47. The Morgan fingerprint density at radius 3 is 2.62 bits per heavy atom. The zero-order valence-corrected chi connectivity index (χ0v) is 14.0. The fourth-order valence-electron chi connectivity index (χ4n) is 2.16. The standard InChI is InChI=1S/C17H23NO2S/c1-12-6-5-7-13(10-12)20-9-8-15-18-16(17(2,3)4)14(11-19)21-15/h5-7,10,19H,8-9,11H2,1-4H3. The van der Waals surface area contributed by atoms with Crippen molar-refractivity contribution in [1.29, 1.82) is 0 Å². The lowest BCUT2D eigenvalue weighted by Gasteiger charge is -2.16. The molecule has 0 atom stereocenters. The summed E-state index contributed by atoms with van der Waals surface area (Å²) in [5.74, 6) is 0.894. The third-order valence-electron chi connectivity index (χ3n) is 3.17. The van der Waals surface area contributed by atoms with Crippen molar-refractivity contribution in [2.45, 2.75) is 46.1 Å². The van der Waals surface area contributed by atoms with Crippen molar-refractivity contribution in [2.75, 3.05) is 6.61 Å². The van der Waals surface area contributed by atoms with E-state index in [9.17, 15) is 5.11 Å². The summed E-state index contributed by atoms with van der Waals surface area (Å²) >= 11 is 1.58. The molecule has 3 nitrogen and oxygen atoms in total. The number of ether oxygens (including phenoxy) is 1.